The molecule has 0 aromatic heterocycles. The molecule has 0 saturated carbocycles. The summed E-state index contributed by atoms with van der Waals surface area (Å²) >= 11 is 2.70. The molecule has 24 heavy (non-hydrogen) atoms. The van der Waals surface area contributed by atoms with Gasteiger partial charge in [-0.1, -0.05) is 13.8 Å². The first-order chi connectivity index (χ1) is 11.2. The summed E-state index contributed by atoms with van der Waals surface area (Å²) in [6.07, 6.45) is 0.279. The Kier molecular flexibility index (Phi) is 12.5. The maximum absolute atomic E-state index is 11.5. The van der Waals surface area contributed by atoms with Gasteiger partial charge in [-0.25, -0.2) is 0 Å². The highest BCUT2D eigenvalue weighted by Crippen LogP contribution is 2.11. The Morgan fingerprint density at radius 1 is 0.917 bits per heavy atom. The molecule has 7 nitrogen and oxygen atoms in total. The van der Waals surface area contributed by atoms with Crippen LogP contribution in [0.1, 0.15) is 26.7 Å². The van der Waals surface area contributed by atoms with Crippen molar-refractivity contribution in [1.29, 1.82) is 0 Å². The maximum atomic E-state index is 11.5. The average molecular weight is 377 g/mol. The minimum absolute atomic E-state index is 0.103. The van der Waals surface area contributed by atoms with Crippen molar-refractivity contribution in [2.75, 3.05) is 23.0 Å². The lowest BCUT2D eigenvalue weighted by molar-refractivity contribution is -0.141. The van der Waals surface area contributed by atoms with Gasteiger partial charge in [-0.2, -0.15) is 23.5 Å². The Morgan fingerprint density at radius 3 is 1.83 bits per heavy atom. The lowest BCUT2D eigenvalue weighted by Gasteiger charge is -2.06. The molecule has 2 N–H and O–H groups in total. The van der Waals surface area contributed by atoms with E-state index in [4.69, 9.17) is 14.9 Å². The maximum Gasteiger partial charge on any atom is 0.452 e. The number of hydrogen-bond donors (Lipinski definition) is 2. The van der Waals surface area contributed by atoms with Crippen LogP contribution in [0.4, 0.5) is 0 Å². The molecular formula is C14H22BO7S2. The average Bonchev–Trinajstić information content (AvgIpc) is 2.52. The van der Waals surface area contributed by atoms with E-state index in [0.717, 1.165) is 7.48 Å². The Bertz CT molecular complexity index is 405. The summed E-state index contributed by atoms with van der Waals surface area (Å²) in [7, 11) is 0.883. The second-order valence-corrected chi connectivity index (χ2v) is 7.50. The van der Waals surface area contributed by atoms with Crippen molar-refractivity contribution in [2.45, 2.75) is 26.7 Å². The van der Waals surface area contributed by atoms with Crippen LogP contribution in [0.15, 0.2) is 0 Å². The normalized spacial score (nSPS) is 12.9. The van der Waals surface area contributed by atoms with E-state index >= 15 is 0 Å². The predicted molar refractivity (Wildman–Crippen MR) is 94.3 cm³/mol. The molecule has 0 aliphatic carbocycles. The zero-order valence-corrected chi connectivity index (χ0v) is 15.4. The van der Waals surface area contributed by atoms with E-state index < -0.39 is 29.7 Å². The summed E-state index contributed by atoms with van der Waals surface area (Å²) in [5, 5.41) is 17.4. The Labute approximate surface area is 150 Å². The standard InChI is InChI=1S/C14H22BO7S2/c1-9(13(18)19)7-23-5-3-11(16)15-22-12(17)4-6-24-8-10(2)14(20)21/h9-10H,3-8H2,1-2H3,(H,18,19)(H,20,21). The van der Waals surface area contributed by atoms with E-state index in [0.29, 0.717) is 23.0 Å². The van der Waals surface area contributed by atoms with Gasteiger partial charge in [0.05, 0.1) is 18.3 Å². The van der Waals surface area contributed by atoms with Crippen LogP contribution in [0.3, 0.4) is 0 Å². The minimum atomic E-state index is -0.875. The molecule has 10 heteroatoms. The first kappa shape index (κ1) is 22.8. The zero-order valence-electron chi connectivity index (χ0n) is 13.7. The van der Waals surface area contributed by atoms with E-state index in [1.54, 1.807) is 13.8 Å². The first-order valence-electron chi connectivity index (χ1n) is 7.40. The van der Waals surface area contributed by atoms with Crippen molar-refractivity contribution in [1.82, 2.24) is 0 Å². The van der Waals surface area contributed by atoms with Crippen molar-refractivity contribution in [3.05, 3.63) is 0 Å². The minimum Gasteiger partial charge on any atom is -0.530 e. The third-order valence-corrected chi connectivity index (χ3v) is 5.30. The molecule has 0 bridgehead atoms. The molecule has 0 rings (SSSR count). The van der Waals surface area contributed by atoms with E-state index in [-0.39, 0.29) is 18.5 Å². The number of carbonyl (C=O) groups excluding carboxylic acids is 2. The van der Waals surface area contributed by atoms with Crippen molar-refractivity contribution < 1.29 is 34.0 Å². The van der Waals surface area contributed by atoms with Crippen molar-refractivity contribution in [3.8, 4) is 0 Å². The van der Waals surface area contributed by atoms with E-state index in [1.807, 2.05) is 0 Å². The van der Waals surface area contributed by atoms with Crippen molar-refractivity contribution >= 4 is 54.6 Å². The second-order valence-electron chi connectivity index (χ2n) is 5.20. The predicted octanol–water partition coefficient (Wildman–Crippen LogP) is 1.36. The van der Waals surface area contributed by atoms with Gasteiger partial charge in [0.1, 0.15) is 5.68 Å². The van der Waals surface area contributed by atoms with Crippen LogP contribution in [-0.2, 0) is 23.8 Å². The van der Waals surface area contributed by atoms with Gasteiger partial charge >= 0.3 is 19.4 Å². The molecule has 1 radical (unpaired) electrons. The highest BCUT2D eigenvalue weighted by atomic mass is 32.2. The molecule has 0 saturated heterocycles. The van der Waals surface area contributed by atoms with Crippen molar-refractivity contribution in [2.24, 2.45) is 11.8 Å². The highest BCUT2D eigenvalue weighted by molar-refractivity contribution is 7.99. The van der Waals surface area contributed by atoms with Gasteiger partial charge in [0.25, 0.3) is 5.97 Å². The fraction of sp³-hybridized carbons (Fsp3) is 0.714. The van der Waals surface area contributed by atoms with E-state index in [1.165, 1.54) is 23.5 Å². The van der Waals surface area contributed by atoms with Gasteiger partial charge in [-0.15, -0.1) is 0 Å². The molecular weight excluding hydrogens is 355 g/mol. The van der Waals surface area contributed by atoms with Crippen LogP contribution in [-0.4, -0.2) is 64.3 Å². The monoisotopic (exact) mass is 377 g/mol. The SMILES string of the molecule is CC(CSCCC(=O)[B]OC(=O)CCSCC(C)C(=O)O)C(=O)O. The third kappa shape index (κ3) is 12.3. The third-order valence-electron chi connectivity index (χ3n) is 2.84. The summed E-state index contributed by atoms with van der Waals surface area (Å²) in [6, 6.07) is 0. The number of carbonyl (C=O) groups is 4. The number of rotatable bonds is 14. The van der Waals surface area contributed by atoms with Gasteiger partial charge in [-0.3, -0.25) is 14.4 Å². The molecule has 0 aromatic carbocycles. The fourth-order valence-electron chi connectivity index (χ4n) is 1.24. The zero-order chi connectivity index (χ0) is 18.5. The van der Waals surface area contributed by atoms with Crippen LogP contribution in [0, 0.1) is 11.8 Å². The molecule has 0 aliphatic heterocycles. The topological polar surface area (TPSA) is 118 Å². The fourth-order valence-corrected chi connectivity index (χ4v) is 3.22. The summed E-state index contributed by atoms with van der Waals surface area (Å²) < 4.78 is 4.73. The summed E-state index contributed by atoms with van der Waals surface area (Å²) in [4.78, 5) is 44.1. The van der Waals surface area contributed by atoms with Crippen molar-refractivity contribution in [3.63, 3.8) is 0 Å². The van der Waals surface area contributed by atoms with Gasteiger partial charge in [0.2, 0.25) is 0 Å². The van der Waals surface area contributed by atoms with Crippen LogP contribution in [0.25, 0.3) is 0 Å². The summed E-state index contributed by atoms with van der Waals surface area (Å²) in [5.41, 5.74) is -0.328. The quantitative estimate of drug-likeness (QED) is 0.342. The van der Waals surface area contributed by atoms with Crippen LogP contribution in [0.5, 0.6) is 0 Å². The molecule has 2 unspecified atom stereocenters. The molecule has 2 atom stereocenters. The number of aliphatic carboxylic acids is 2. The van der Waals surface area contributed by atoms with Crippen LogP contribution >= 0.6 is 23.5 Å². The highest BCUT2D eigenvalue weighted by Gasteiger charge is 2.14. The van der Waals surface area contributed by atoms with Gasteiger partial charge in [0, 0.05) is 23.7 Å². The Balaban J connectivity index is 3.63. The number of carboxylic acid groups (broad SMARTS) is 2. The number of carboxylic acids is 2. The Morgan fingerprint density at radius 2 is 1.38 bits per heavy atom. The molecule has 0 fully saturated rings. The number of thioether (sulfide) groups is 2. The van der Waals surface area contributed by atoms with E-state index in [2.05, 4.69) is 0 Å². The van der Waals surface area contributed by atoms with Gasteiger partial charge < -0.3 is 19.7 Å². The Hall–Kier alpha value is -1.16. The molecule has 135 valence electrons. The largest absolute Gasteiger partial charge is 0.530 e. The molecule has 0 heterocycles. The first-order valence-corrected chi connectivity index (χ1v) is 9.71. The number of hydrogen-bond acceptors (Lipinski definition) is 7. The van der Waals surface area contributed by atoms with Gasteiger partial charge in [0.15, 0.2) is 0 Å². The van der Waals surface area contributed by atoms with Crippen LogP contribution in [0.2, 0.25) is 0 Å². The van der Waals surface area contributed by atoms with E-state index in [9.17, 15) is 19.2 Å². The lowest BCUT2D eigenvalue weighted by Crippen LogP contribution is -2.19. The lowest BCUT2D eigenvalue weighted by atomic mass is 9.91. The summed E-state index contributed by atoms with van der Waals surface area (Å²) in [5.74, 6) is -1.48. The molecule has 0 aromatic rings. The smallest absolute Gasteiger partial charge is 0.452 e. The van der Waals surface area contributed by atoms with Crippen LogP contribution < -0.4 is 0 Å². The molecule has 0 aliphatic rings. The molecule has 0 amide bonds. The molecule has 0 spiro atoms. The summed E-state index contributed by atoms with van der Waals surface area (Å²) in [6.45, 7) is 3.19. The second kappa shape index (κ2) is 13.2. The van der Waals surface area contributed by atoms with Gasteiger partial charge in [-0.05, 0) is 5.75 Å².